The fraction of sp³-hybridized carbons (Fsp3) is 0.444. The molecule has 0 saturated heterocycles. The van der Waals surface area contributed by atoms with E-state index in [9.17, 15) is 15.0 Å². The number of aliphatic hydroxyl groups excluding tert-OH is 1. The number of carbonyl (C=O) groups excluding carboxylic acids is 1. The minimum Gasteiger partial charge on any atom is -0.466 e. The summed E-state index contributed by atoms with van der Waals surface area (Å²) in [6.07, 6.45) is 0.0504. The van der Waals surface area contributed by atoms with E-state index in [2.05, 4.69) is 0 Å². The van der Waals surface area contributed by atoms with Gasteiger partial charge in [0.05, 0.1) is 6.26 Å². The second-order valence-electron chi connectivity index (χ2n) is 3.12. The molecule has 2 unspecified atom stereocenters. The highest BCUT2D eigenvalue weighted by Gasteiger charge is 2.37. The van der Waals surface area contributed by atoms with Crippen LogP contribution >= 0.6 is 0 Å². The van der Waals surface area contributed by atoms with Crippen LogP contribution in [-0.4, -0.2) is 21.6 Å². The Morgan fingerprint density at radius 2 is 2.31 bits per heavy atom. The number of ketones is 1. The highest BCUT2D eigenvalue weighted by Crippen LogP contribution is 2.26. The summed E-state index contributed by atoms with van der Waals surface area (Å²) in [5.41, 5.74) is -1.79. The molecular weight excluding hydrogens is 172 g/mol. The van der Waals surface area contributed by atoms with Crippen molar-refractivity contribution in [3.05, 3.63) is 24.2 Å². The first-order chi connectivity index (χ1) is 5.96. The third-order valence-electron chi connectivity index (χ3n) is 2.06. The number of Topliss-reactive ketones (excluding diaryl/α,β-unsaturated/α-hetero) is 1. The fourth-order valence-corrected chi connectivity index (χ4v) is 0.916. The molecule has 0 aliphatic heterocycles. The number of carbonyl (C=O) groups is 1. The van der Waals surface area contributed by atoms with Gasteiger partial charge in [0.2, 0.25) is 0 Å². The molecule has 1 aromatic heterocycles. The van der Waals surface area contributed by atoms with Gasteiger partial charge in [0.15, 0.2) is 11.4 Å². The van der Waals surface area contributed by atoms with Crippen molar-refractivity contribution in [3.8, 4) is 0 Å². The largest absolute Gasteiger partial charge is 0.466 e. The molecule has 0 saturated carbocycles. The van der Waals surface area contributed by atoms with E-state index in [1.165, 1.54) is 26.2 Å². The van der Waals surface area contributed by atoms with Crippen molar-refractivity contribution in [1.82, 2.24) is 0 Å². The molecule has 2 atom stereocenters. The summed E-state index contributed by atoms with van der Waals surface area (Å²) in [7, 11) is 0. The smallest absolute Gasteiger partial charge is 0.164 e. The topological polar surface area (TPSA) is 70.7 Å². The monoisotopic (exact) mass is 184 g/mol. The Bertz CT molecular complexity index is 287. The number of aliphatic hydroxyl groups is 2. The highest BCUT2D eigenvalue weighted by molar-refractivity contribution is 5.84. The average Bonchev–Trinajstić information content (AvgIpc) is 2.54. The maximum Gasteiger partial charge on any atom is 0.164 e. The van der Waals surface area contributed by atoms with Crippen LogP contribution in [-0.2, 0) is 4.79 Å². The zero-order valence-corrected chi connectivity index (χ0v) is 7.52. The minimum absolute atomic E-state index is 0.181. The molecule has 4 heteroatoms. The number of hydrogen-bond acceptors (Lipinski definition) is 4. The predicted molar refractivity (Wildman–Crippen MR) is 45.0 cm³/mol. The van der Waals surface area contributed by atoms with Gasteiger partial charge in [0.1, 0.15) is 11.9 Å². The van der Waals surface area contributed by atoms with Gasteiger partial charge in [-0.2, -0.15) is 0 Å². The van der Waals surface area contributed by atoms with Gasteiger partial charge in [-0.25, -0.2) is 0 Å². The van der Waals surface area contributed by atoms with Crippen molar-refractivity contribution in [2.75, 3.05) is 0 Å². The summed E-state index contributed by atoms with van der Waals surface area (Å²) in [6, 6.07) is 3.08. The second-order valence-corrected chi connectivity index (χ2v) is 3.12. The Labute approximate surface area is 75.8 Å². The average molecular weight is 184 g/mol. The molecule has 1 aromatic rings. The van der Waals surface area contributed by atoms with Crippen LogP contribution in [0.15, 0.2) is 22.8 Å². The van der Waals surface area contributed by atoms with E-state index in [-0.39, 0.29) is 5.76 Å². The lowest BCUT2D eigenvalue weighted by Crippen LogP contribution is -2.39. The van der Waals surface area contributed by atoms with E-state index in [4.69, 9.17) is 4.42 Å². The van der Waals surface area contributed by atoms with E-state index < -0.39 is 17.5 Å². The van der Waals surface area contributed by atoms with E-state index >= 15 is 0 Å². The summed E-state index contributed by atoms with van der Waals surface area (Å²) in [4.78, 5) is 11.0. The van der Waals surface area contributed by atoms with E-state index in [0.29, 0.717) is 0 Å². The molecule has 0 radical (unpaired) electrons. The van der Waals surface area contributed by atoms with Gasteiger partial charge in [-0.15, -0.1) is 0 Å². The van der Waals surface area contributed by atoms with Crippen LogP contribution in [0.25, 0.3) is 0 Å². The van der Waals surface area contributed by atoms with Gasteiger partial charge in [-0.1, -0.05) is 0 Å². The Balaban J connectivity index is 2.90. The number of rotatable bonds is 3. The molecule has 0 fully saturated rings. The summed E-state index contributed by atoms with van der Waals surface area (Å²) >= 11 is 0. The first-order valence-electron chi connectivity index (χ1n) is 3.91. The molecule has 0 bridgehead atoms. The second kappa shape index (κ2) is 3.32. The minimum atomic E-state index is -1.79. The van der Waals surface area contributed by atoms with Gasteiger partial charge in [-0.05, 0) is 26.0 Å². The highest BCUT2D eigenvalue weighted by atomic mass is 16.4. The van der Waals surface area contributed by atoms with Crippen LogP contribution in [0, 0.1) is 0 Å². The fourth-order valence-electron chi connectivity index (χ4n) is 0.916. The van der Waals surface area contributed by atoms with Crippen molar-refractivity contribution < 1.29 is 19.4 Å². The molecule has 72 valence electrons. The van der Waals surface area contributed by atoms with Crippen molar-refractivity contribution in [2.24, 2.45) is 0 Å². The maximum atomic E-state index is 11.0. The summed E-state index contributed by atoms with van der Waals surface area (Å²) in [5.74, 6) is -0.323. The Morgan fingerprint density at radius 3 is 2.69 bits per heavy atom. The van der Waals surface area contributed by atoms with Gasteiger partial charge < -0.3 is 14.6 Å². The summed E-state index contributed by atoms with van der Waals surface area (Å²) in [5, 5.41) is 19.1. The summed E-state index contributed by atoms with van der Waals surface area (Å²) < 4.78 is 4.87. The molecule has 1 rings (SSSR count). The molecule has 0 aromatic carbocycles. The number of hydrogen-bond donors (Lipinski definition) is 2. The van der Waals surface area contributed by atoms with E-state index in [1.807, 2.05) is 0 Å². The third kappa shape index (κ3) is 1.79. The van der Waals surface area contributed by atoms with Crippen molar-refractivity contribution >= 4 is 5.78 Å². The Kier molecular flexibility index (Phi) is 2.54. The van der Waals surface area contributed by atoms with Gasteiger partial charge in [-0.3, -0.25) is 4.79 Å². The molecule has 1 heterocycles. The lowest BCUT2D eigenvalue weighted by atomic mass is 9.93. The molecule has 4 nitrogen and oxygen atoms in total. The maximum absolute atomic E-state index is 11.0. The van der Waals surface area contributed by atoms with Crippen LogP contribution in [0.2, 0.25) is 0 Å². The van der Waals surface area contributed by atoms with Gasteiger partial charge >= 0.3 is 0 Å². The zero-order chi connectivity index (χ0) is 10.1. The predicted octanol–water partition coefficient (Wildman–Crippen LogP) is 0.653. The lowest BCUT2D eigenvalue weighted by Gasteiger charge is -2.24. The lowest BCUT2D eigenvalue weighted by molar-refractivity contribution is -0.147. The molecule has 0 aliphatic rings. The van der Waals surface area contributed by atoms with Crippen molar-refractivity contribution in [1.29, 1.82) is 0 Å². The van der Waals surface area contributed by atoms with E-state index in [1.54, 1.807) is 6.07 Å². The van der Waals surface area contributed by atoms with Crippen LogP contribution < -0.4 is 0 Å². The van der Waals surface area contributed by atoms with Crippen molar-refractivity contribution in [2.45, 2.75) is 25.6 Å². The third-order valence-corrected chi connectivity index (χ3v) is 2.06. The zero-order valence-electron chi connectivity index (χ0n) is 7.52. The van der Waals surface area contributed by atoms with Gasteiger partial charge in [0, 0.05) is 0 Å². The van der Waals surface area contributed by atoms with Crippen LogP contribution in [0.5, 0.6) is 0 Å². The first kappa shape index (κ1) is 9.95. The Morgan fingerprint density at radius 1 is 1.69 bits per heavy atom. The summed E-state index contributed by atoms with van der Waals surface area (Å²) in [6.45, 7) is 2.47. The molecule has 0 aliphatic carbocycles. The van der Waals surface area contributed by atoms with Crippen LogP contribution in [0.1, 0.15) is 25.7 Å². The molecule has 2 N–H and O–H groups in total. The molecule has 13 heavy (non-hydrogen) atoms. The normalized spacial score (nSPS) is 17.8. The quantitative estimate of drug-likeness (QED) is 0.723. The van der Waals surface area contributed by atoms with Crippen molar-refractivity contribution in [3.63, 3.8) is 0 Å². The number of furan rings is 1. The SMILES string of the molecule is CC(=O)C(C)(O)C(O)c1ccco1. The van der Waals surface area contributed by atoms with Crippen LogP contribution in [0.4, 0.5) is 0 Å². The molecule has 0 spiro atoms. The molecular formula is C9H12O4. The standard InChI is InChI=1S/C9H12O4/c1-6(10)9(2,12)8(11)7-4-3-5-13-7/h3-5,8,11-12H,1-2H3. The van der Waals surface area contributed by atoms with E-state index in [0.717, 1.165) is 0 Å². The Hall–Kier alpha value is -1.13. The first-order valence-corrected chi connectivity index (χ1v) is 3.91. The van der Waals surface area contributed by atoms with Gasteiger partial charge in [0.25, 0.3) is 0 Å². The van der Waals surface area contributed by atoms with Crippen LogP contribution in [0.3, 0.4) is 0 Å². The molecule has 0 amide bonds.